The Morgan fingerprint density at radius 1 is 1.00 bits per heavy atom. The van der Waals surface area contributed by atoms with Crippen molar-refractivity contribution in [1.82, 2.24) is 4.90 Å². The molecule has 1 saturated heterocycles. The van der Waals surface area contributed by atoms with Crippen LogP contribution >= 0.6 is 0 Å². The number of furan rings is 1. The second-order valence-corrected chi connectivity index (χ2v) is 8.73. The molecule has 3 heterocycles. The van der Waals surface area contributed by atoms with E-state index in [-0.39, 0.29) is 11.7 Å². The fourth-order valence-electron chi connectivity index (χ4n) is 4.68. The van der Waals surface area contributed by atoms with E-state index in [4.69, 9.17) is 9.15 Å². The maximum absolute atomic E-state index is 13.2. The molecule has 5 nitrogen and oxygen atoms in total. The smallest absolute Gasteiger partial charge is 0.289 e. The average Bonchev–Trinajstić information content (AvgIpc) is 3.04. The summed E-state index contributed by atoms with van der Waals surface area (Å²) >= 11 is 0. The molecule has 0 N–H and O–H groups in total. The minimum absolute atomic E-state index is 0.0886. The molecule has 0 aliphatic carbocycles. The Bertz CT molecular complexity index is 1180. The summed E-state index contributed by atoms with van der Waals surface area (Å²) in [5.74, 6) is 1.12. The number of ketones is 1. The summed E-state index contributed by atoms with van der Waals surface area (Å²) in [4.78, 5) is 27.7. The first-order chi connectivity index (χ1) is 14.3. The molecule has 5 rings (SSSR count). The zero-order chi connectivity index (χ0) is 21.0. The summed E-state index contributed by atoms with van der Waals surface area (Å²) in [6.45, 7) is 7.00. The summed E-state index contributed by atoms with van der Waals surface area (Å²) in [6.07, 6.45) is 1.64. The van der Waals surface area contributed by atoms with Gasteiger partial charge in [0.15, 0.2) is 11.5 Å². The Labute approximate surface area is 175 Å². The number of piperidine rings is 1. The van der Waals surface area contributed by atoms with Crippen LogP contribution in [0.3, 0.4) is 0 Å². The standard InChI is InChI=1S/C25H25NO4/c1-15-5-7-21-19(12-15)20(27)14-25(30-21)8-10-26(11-9-25)24(28)23-17(3)18-6-4-16(2)13-22(18)29-23/h4-7,12-13H,8-11,14H2,1-3H3. The third-order valence-corrected chi connectivity index (χ3v) is 6.49. The molecule has 2 aliphatic rings. The summed E-state index contributed by atoms with van der Waals surface area (Å²) in [5, 5.41) is 0.977. The quantitative estimate of drug-likeness (QED) is 0.574. The Kier molecular flexibility index (Phi) is 4.24. The average molecular weight is 403 g/mol. The number of fused-ring (bicyclic) bond motifs is 2. The molecule has 0 unspecified atom stereocenters. The number of amides is 1. The van der Waals surface area contributed by atoms with E-state index < -0.39 is 5.60 Å². The van der Waals surface area contributed by atoms with Crippen molar-refractivity contribution in [3.8, 4) is 5.75 Å². The molecule has 1 fully saturated rings. The monoisotopic (exact) mass is 403 g/mol. The maximum Gasteiger partial charge on any atom is 0.289 e. The number of ether oxygens (including phenoxy) is 1. The van der Waals surface area contributed by atoms with Crippen molar-refractivity contribution < 1.29 is 18.7 Å². The van der Waals surface area contributed by atoms with Gasteiger partial charge in [0, 0.05) is 36.9 Å². The van der Waals surface area contributed by atoms with Crippen LogP contribution in [-0.2, 0) is 0 Å². The number of Topliss-reactive ketones (excluding diaryl/α,β-unsaturated/α-hetero) is 1. The number of benzene rings is 2. The summed E-state index contributed by atoms with van der Waals surface area (Å²) < 4.78 is 12.3. The lowest BCUT2D eigenvalue weighted by Gasteiger charge is -2.43. The molecule has 1 spiro atoms. The van der Waals surface area contributed by atoms with Crippen molar-refractivity contribution in [3.05, 3.63) is 64.4 Å². The largest absolute Gasteiger partial charge is 0.486 e. The third kappa shape index (κ3) is 3.00. The topological polar surface area (TPSA) is 59.8 Å². The lowest BCUT2D eigenvalue weighted by Crippen LogP contribution is -2.52. The molecule has 1 aromatic heterocycles. The van der Waals surface area contributed by atoms with Crippen LogP contribution in [0.5, 0.6) is 5.75 Å². The number of carbonyl (C=O) groups is 2. The fourth-order valence-corrected chi connectivity index (χ4v) is 4.68. The number of aryl methyl sites for hydroxylation is 3. The molecule has 0 bridgehead atoms. The molecule has 2 aromatic carbocycles. The maximum atomic E-state index is 13.2. The van der Waals surface area contributed by atoms with E-state index in [9.17, 15) is 9.59 Å². The number of nitrogens with zero attached hydrogens (tertiary/aromatic N) is 1. The van der Waals surface area contributed by atoms with Crippen molar-refractivity contribution in [3.63, 3.8) is 0 Å². The highest BCUT2D eigenvalue weighted by molar-refractivity contribution is 6.01. The first kappa shape index (κ1) is 18.9. The number of hydrogen-bond acceptors (Lipinski definition) is 4. The van der Waals surface area contributed by atoms with Gasteiger partial charge in [-0.2, -0.15) is 0 Å². The molecule has 0 atom stereocenters. The second kappa shape index (κ2) is 6.73. The normalized spacial score (nSPS) is 17.8. The van der Waals surface area contributed by atoms with Crippen LogP contribution in [-0.4, -0.2) is 35.3 Å². The molecule has 3 aromatic rings. The van der Waals surface area contributed by atoms with Crippen molar-refractivity contribution in [2.75, 3.05) is 13.1 Å². The molecule has 5 heteroatoms. The van der Waals surface area contributed by atoms with Crippen LogP contribution in [0.25, 0.3) is 11.0 Å². The van der Waals surface area contributed by atoms with E-state index >= 15 is 0 Å². The predicted molar refractivity (Wildman–Crippen MR) is 114 cm³/mol. The Morgan fingerprint density at radius 2 is 1.70 bits per heavy atom. The van der Waals surface area contributed by atoms with E-state index in [1.807, 2.05) is 62.1 Å². The first-order valence-electron chi connectivity index (χ1n) is 10.5. The van der Waals surface area contributed by atoms with Gasteiger partial charge in [-0.25, -0.2) is 0 Å². The van der Waals surface area contributed by atoms with Gasteiger partial charge in [0.2, 0.25) is 0 Å². The van der Waals surface area contributed by atoms with Crippen molar-refractivity contribution in [2.24, 2.45) is 0 Å². The van der Waals surface area contributed by atoms with Crippen LogP contribution < -0.4 is 4.74 Å². The van der Waals surface area contributed by atoms with Gasteiger partial charge >= 0.3 is 0 Å². The molecule has 2 aliphatic heterocycles. The summed E-state index contributed by atoms with van der Waals surface area (Å²) in [6, 6.07) is 11.8. The van der Waals surface area contributed by atoms with Gasteiger partial charge < -0.3 is 14.1 Å². The lowest BCUT2D eigenvalue weighted by molar-refractivity contribution is -0.00641. The molecule has 154 valence electrons. The van der Waals surface area contributed by atoms with Gasteiger partial charge in [-0.3, -0.25) is 9.59 Å². The fraction of sp³-hybridized carbons (Fsp3) is 0.360. The minimum atomic E-state index is -0.518. The highest BCUT2D eigenvalue weighted by atomic mass is 16.5. The van der Waals surface area contributed by atoms with E-state index in [0.717, 1.165) is 27.7 Å². The van der Waals surface area contributed by atoms with Crippen LogP contribution in [0.15, 0.2) is 40.8 Å². The van der Waals surface area contributed by atoms with Crippen LogP contribution in [0, 0.1) is 20.8 Å². The molecule has 30 heavy (non-hydrogen) atoms. The third-order valence-electron chi connectivity index (χ3n) is 6.49. The van der Waals surface area contributed by atoms with Crippen molar-refractivity contribution in [2.45, 2.75) is 45.6 Å². The van der Waals surface area contributed by atoms with Gasteiger partial charge in [0.1, 0.15) is 16.9 Å². The van der Waals surface area contributed by atoms with Gasteiger partial charge in [0.25, 0.3) is 5.91 Å². The lowest BCUT2D eigenvalue weighted by atomic mass is 9.82. The van der Waals surface area contributed by atoms with Crippen LogP contribution in [0.4, 0.5) is 0 Å². The van der Waals surface area contributed by atoms with E-state index in [2.05, 4.69) is 0 Å². The van der Waals surface area contributed by atoms with Gasteiger partial charge in [-0.15, -0.1) is 0 Å². The number of carbonyl (C=O) groups excluding carboxylic acids is 2. The first-order valence-corrected chi connectivity index (χ1v) is 10.5. The predicted octanol–water partition coefficient (Wildman–Crippen LogP) is 5.00. The SMILES string of the molecule is Cc1ccc2c(c1)C(=O)CC1(CCN(C(=O)c3oc4cc(C)ccc4c3C)CC1)O2. The van der Waals surface area contributed by atoms with Gasteiger partial charge in [0.05, 0.1) is 12.0 Å². The Morgan fingerprint density at radius 3 is 2.47 bits per heavy atom. The molecule has 0 radical (unpaired) electrons. The molecular weight excluding hydrogens is 378 g/mol. The van der Waals surface area contributed by atoms with Gasteiger partial charge in [-0.1, -0.05) is 23.8 Å². The van der Waals surface area contributed by atoms with Crippen LogP contribution in [0.2, 0.25) is 0 Å². The van der Waals surface area contributed by atoms with Crippen molar-refractivity contribution in [1.29, 1.82) is 0 Å². The van der Waals surface area contributed by atoms with Gasteiger partial charge in [-0.05, 0) is 44.5 Å². The molecule has 0 saturated carbocycles. The van der Waals surface area contributed by atoms with Crippen LogP contribution in [0.1, 0.15) is 56.9 Å². The van der Waals surface area contributed by atoms with E-state index in [1.54, 1.807) is 0 Å². The Hall–Kier alpha value is -3.08. The molecule has 1 amide bonds. The minimum Gasteiger partial charge on any atom is -0.486 e. The summed E-state index contributed by atoms with van der Waals surface area (Å²) in [5.41, 5.74) is 3.94. The number of rotatable bonds is 1. The molecular formula is C25H25NO4. The summed E-state index contributed by atoms with van der Waals surface area (Å²) in [7, 11) is 0. The Balaban J connectivity index is 1.35. The highest BCUT2D eigenvalue weighted by Crippen LogP contribution is 2.40. The van der Waals surface area contributed by atoms with E-state index in [0.29, 0.717) is 49.4 Å². The zero-order valence-electron chi connectivity index (χ0n) is 17.6. The van der Waals surface area contributed by atoms with E-state index in [1.165, 1.54) is 0 Å². The number of likely N-dealkylation sites (tertiary alicyclic amines) is 1. The van der Waals surface area contributed by atoms with Crippen molar-refractivity contribution >= 4 is 22.7 Å². The number of hydrogen-bond donors (Lipinski definition) is 0. The zero-order valence-corrected chi connectivity index (χ0v) is 17.6. The second-order valence-electron chi connectivity index (χ2n) is 8.73. The highest BCUT2D eigenvalue weighted by Gasteiger charge is 2.44.